The Morgan fingerprint density at radius 3 is 2.73 bits per heavy atom. The molecule has 1 N–H and O–H groups in total. The van der Waals surface area contributed by atoms with Crippen LogP contribution in [0.5, 0.6) is 5.75 Å². The maximum Gasteiger partial charge on any atom is 0.321 e. The van der Waals surface area contributed by atoms with E-state index in [1.165, 1.54) is 0 Å². The number of urea groups is 1. The second-order valence-electron chi connectivity index (χ2n) is 6.07. The molecule has 0 bridgehead atoms. The molecule has 0 saturated heterocycles. The van der Waals surface area contributed by atoms with E-state index in [9.17, 15) is 4.79 Å². The number of benzene rings is 1. The Morgan fingerprint density at radius 1 is 1.31 bits per heavy atom. The van der Waals surface area contributed by atoms with Crippen LogP contribution in [0.15, 0.2) is 52.5 Å². The Balaban J connectivity index is 1.57. The summed E-state index contributed by atoms with van der Waals surface area (Å²) in [7, 11) is 1.73. The van der Waals surface area contributed by atoms with E-state index in [-0.39, 0.29) is 12.1 Å². The summed E-state index contributed by atoms with van der Waals surface area (Å²) in [5.74, 6) is 1.30. The maximum atomic E-state index is 12.0. The number of aromatic nitrogens is 1. The molecule has 3 rings (SSSR count). The second kappa shape index (κ2) is 8.05. The highest BCUT2D eigenvalue weighted by atomic mass is 32.1. The number of oxazole rings is 1. The molecule has 0 radical (unpaired) electrons. The summed E-state index contributed by atoms with van der Waals surface area (Å²) in [6.07, 6.45) is 1.60. The second-order valence-corrected chi connectivity index (χ2v) is 7.01. The van der Waals surface area contributed by atoms with Gasteiger partial charge in [-0.25, -0.2) is 9.78 Å². The Kier molecular flexibility index (Phi) is 5.58. The van der Waals surface area contributed by atoms with Gasteiger partial charge in [0.05, 0.1) is 4.88 Å². The number of anilines is 1. The van der Waals surface area contributed by atoms with Gasteiger partial charge in [-0.2, -0.15) is 0 Å². The fraction of sp³-hybridized carbons (Fsp3) is 0.263. The third-order valence-corrected chi connectivity index (χ3v) is 4.47. The van der Waals surface area contributed by atoms with Crippen LogP contribution in [0.2, 0.25) is 0 Å². The number of nitrogens with one attached hydrogen (secondary N) is 1. The van der Waals surface area contributed by atoms with Crippen molar-refractivity contribution in [1.82, 2.24) is 10.3 Å². The molecule has 0 aliphatic carbocycles. The van der Waals surface area contributed by atoms with Gasteiger partial charge in [-0.1, -0.05) is 6.07 Å². The summed E-state index contributed by atoms with van der Waals surface area (Å²) >= 11 is 1.58. The smallest absolute Gasteiger partial charge is 0.321 e. The normalized spacial score (nSPS) is 10.8. The molecule has 0 aliphatic rings. The lowest BCUT2D eigenvalue weighted by Crippen LogP contribution is -2.40. The Hall–Kier alpha value is -2.80. The first-order valence-electron chi connectivity index (χ1n) is 8.28. The van der Waals surface area contributed by atoms with Gasteiger partial charge in [-0.3, -0.25) is 4.90 Å². The zero-order valence-corrected chi connectivity index (χ0v) is 15.7. The van der Waals surface area contributed by atoms with E-state index >= 15 is 0 Å². The van der Waals surface area contributed by atoms with Gasteiger partial charge in [0.15, 0.2) is 0 Å². The lowest BCUT2D eigenvalue weighted by molar-refractivity contribution is 0.245. The number of amides is 2. The van der Waals surface area contributed by atoms with Crippen LogP contribution in [0.3, 0.4) is 0 Å². The number of thiophene rings is 1. The highest BCUT2D eigenvalue weighted by Gasteiger charge is 2.12. The fourth-order valence-corrected chi connectivity index (χ4v) is 2.93. The van der Waals surface area contributed by atoms with Crippen molar-refractivity contribution in [1.29, 1.82) is 0 Å². The Bertz CT molecular complexity index is 841. The van der Waals surface area contributed by atoms with Crippen LogP contribution < -0.4 is 15.0 Å². The van der Waals surface area contributed by atoms with Gasteiger partial charge in [0.2, 0.25) is 5.89 Å². The van der Waals surface area contributed by atoms with E-state index in [0.717, 1.165) is 16.3 Å². The molecular weight excluding hydrogens is 350 g/mol. The Morgan fingerprint density at radius 2 is 2.08 bits per heavy atom. The highest BCUT2D eigenvalue weighted by molar-refractivity contribution is 7.13. The highest BCUT2D eigenvalue weighted by Crippen LogP contribution is 2.24. The van der Waals surface area contributed by atoms with Crippen molar-refractivity contribution >= 4 is 23.1 Å². The number of hydrogen-bond acceptors (Lipinski definition) is 5. The van der Waals surface area contributed by atoms with Crippen molar-refractivity contribution in [3.63, 3.8) is 0 Å². The molecule has 1 aromatic carbocycles. The van der Waals surface area contributed by atoms with Gasteiger partial charge < -0.3 is 14.5 Å². The average Bonchev–Trinajstić information content (AvgIpc) is 3.30. The lowest BCUT2D eigenvalue weighted by Gasteiger charge is -2.20. The molecule has 0 saturated carbocycles. The van der Waals surface area contributed by atoms with Crippen molar-refractivity contribution in [2.45, 2.75) is 26.5 Å². The fourth-order valence-electron chi connectivity index (χ4n) is 2.27. The van der Waals surface area contributed by atoms with Gasteiger partial charge in [-0.05, 0) is 49.6 Å². The third kappa shape index (κ3) is 4.43. The molecule has 0 spiro atoms. The SMILES string of the molecule is CC(C)NC(=O)N(C)c1ccc(OCc2coc(-c3cccs3)n2)cc1. The average molecular weight is 371 g/mol. The van der Waals surface area contributed by atoms with E-state index < -0.39 is 0 Å². The molecule has 26 heavy (non-hydrogen) atoms. The van der Waals surface area contributed by atoms with Crippen LogP contribution in [0.25, 0.3) is 10.8 Å². The molecule has 0 aliphatic heterocycles. The van der Waals surface area contributed by atoms with Crippen LogP contribution >= 0.6 is 11.3 Å². The number of carbonyl (C=O) groups excluding carboxylic acids is 1. The molecule has 0 fully saturated rings. The van der Waals surface area contributed by atoms with Gasteiger partial charge in [0, 0.05) is 18.8 Å². The summed E-state index contributed by atoms with van der Waals surface area (Å²) in [4.78, 5) is 19.0. The molecule has 3 aromatic rings. The first kappa shape index (κ1) is 18.0. The van der Waals surface area contributed by atoms with Gasteiger partial charge in [0.25, 0.3) is 0 Å². The third-order valence-electron chi connectivity index (χ3n) is 3.61. The quantitative estimate of drug-likeness (QED) is 0.691. The first-order valence-corrected chi connectivity index (χ1v) is 9.16. The van der Waals surface area contributed by atoms with E-state index in [2.05, 4.69) is 10.3 Å². The summed E-state index contributed by atoms with van der Waals surface area (Å²) in [6.45, 7) is 4.17. The monoisotopic (exact) mass is 371 g/mol. The number of nitrogens with zero attached hydrogens (tertiary/aromatic N) is 2. The zero-order chi connectivity index (χ0) is 18.5. The molecule has 136 valence electrons. The topological polar surface area (TPSA) is 67.6 Å². The number of ether oxygens (including phenoxy) is 1. The summed E-state index contributed by atoms with van der Waals surface area (Å²) in [5.41, 5.74) is 1.52. The van der Waals surface area contributed by atoms with Crippen LogP contribution in [0, 0.1) is 0 Å². The molecule has 2 amide bonds. The van der Waals surface area contributed by atoms with Crippen molar-refractivity contribution in [2.75, 3.05) is 11.9 Å². The molecule has 7 heteroatoms. The predicted molar refractivity (Wildman–Crippen MR) is 103 cm³/mol. The van der Waals surface area contributed by atoms with Crippen LogP contribution in [0.4, 0.5) is 10.5 Å². The van der Waals surface area contributed by atoms with E-state index in [1.54, 1.807) is 29.5 Å². The van der Waals surface area contributed by atoms with Gasteiger partial charge in [0.1, 0.15) is 24.3 Å². The largest absolute Gasteiger partial charge is 0.487 e. The van der Waals surface area contributed by atoms with E-state index in [4.69, 9.17) is 9.15 Å². The van der Waals surface area contributed by atoms with Crippen molar-refractivity contribution in [2.24, 2.45) is 0 Å². The molecule has 2 aromatic heterocycles. The van der Waals surface area contributed by atoms with E-state index in [1.807, 2.05) is 55.6 Å². The number of rotatable bonds is 6. The maximum absolute atomic E-state index is 12.0. The summed E-state index contributed by atoms with van der Waals surface area (Å²) in [5, 5.41) is 4.84. The molecule has 2 heterocycles. The minimum absolute atomic E-state index is 0.0917. The van der Waals surface area contributed by atoms with E-state index in [0.29, 0.717) is 18.2 Å². The lowest BCUT2D eigenvalue weighted by atomic mass is 10.3. The molecule has 6 nitrogen and oxygen atoms in total. The zero-order valence-electron chi connectivity index (χ0n) is 14.9. The number of carbonyl (C=O) groups is 1. The first-order chi connectivity index (χ1) is 12.5. The predicted octanol–water partition coefficient (Wildman–Crippen LogP) is 4.54. The summed E-state index contributed by atoms with van der Waals surface area (Å²) < 4.78 is 11.2. The number of hydrogen-bond donors (Lipinski definition) is 1. The van der Waals surface area contributed by atoms with Crippen molar-refractivity contribution in [3.8, 4) is 16.5 Å². The minimum atomic E-state index is -0.141. The standard InChI is InChI=1S/C19H21N3O3S/c1-13(2)20-19(23)22(3)15-6-8-16(9-7-15)24-11-14-12-25-18(21-14)17-5-4-10-26-17/h4-10,12-13H,11H2,1-3H3,(H,20,23). The van der Waals surface area contributed by atoms with Crippen LogP contribution in [-0.2, 0) is 6.61 Å². The molecule has 0 atom stereocenters. The van der Waals surface area contributed by atoms with Crippen molar-refractivity contribution in [3.05, 3.63) is 53.7 Å². The van der Waals surface area contributed by atoms with Gasteiger partial charge >= 0.3 is 6.03 Å². The van der Waals surface area contributed by atoms with Crippen molar-refractivity contribution < 1.29 is 13.9 Å². The molecule has 0 unspecified atom stereocenters. The van der Waals surface area contributed by atoms with Crippen LogP contribution in [-0.4, -0.2) is 24.1 Å². The van der Waals surface area contributed by atoms with Gasteiger partial charge in [-0.15, -0.1) is 11.3 Å². The minimum Gasteiger partial charge on any atom is -0.487 e. The summed E-state index contributed by atoms with van der Waals surface area (Å²) in [6, 6.07) is 11.2. The van der Waals surface area contributed by atoms with Crippen LogP contribution in [0.1, 0.15) is 19.5 Å². The molecular formula is C19H21N3O3S. The Labute approximate surface area is 156 Å².